The Balaban J connectivity index is 1.74. The number of halogens is 1. The van der Waals surface area contributed by atoms with E-state index >= 15 is 0 Å². The van der Waals surface area contributed by atoms with Crippen molar-refractivity contribution in [3.63, 3.8) is 0 Å². The topological polar surface area (TPSA) is 34.4 Å². The zero-order chi connectivity index (χ0) is 21.7. The van der Waals surface area contributed by atoms with Gasteiger partial charge in [0.15, 0.2) is 4.80 Å². The predicted molar refractivity (Wildman–Crippen MR) is 138 cm³/mol. The van der Waals surface area contributed by atoms with E-state index in [4.69, 9.17) is 4.99 Å². The van der Waals surface area contributed by atoms with Crippen LogP contribution < -0.4 is 14.9 Å². The van der Waals surface area contributed by atoms with Gasteiger partial charge < -0.3 is 0 Å². The van der Waals surface area contributed by atoms with Crippen LogP contribution in [0.1, 0.15) is 36.6 Å². The van der Waals surface area contributed by atoms with Crippen molar-refractivity contribution in [2.24, 2.45) is 4.99 Å². The fourth-order valence-corrected chi connectivity index (χ4v) is 7.55. The Morgan fingerprint density at radius 2 is 1.58 bits per heavy atom. The molecule has 1 atom stereocenters. The van der Waals surface area contributed by atoms with E-state index in [0.717, 1.165) is 34.9 Å². The van der Waals surface area contributed by atoms with Gasteiger partial charge >= 0.3 is 0 Å². The molecule has 0 radical (unpaired) electrons. The van der Waals surface area contributed by atoms with Gasteiger partial charge in [0, 0.05) is 10.0 Å². The molecule has 1 aromatic heterocycles. The quantitative estimate of drug-likeness (QED) is 0.408. The second-order valence-corrected chi connectivity index (χ2v) is 12.1. The number of aryl methyl sites for hydroxylation is 1. The molecule has 0 N–H and O–H groups in total. The van der Waals surface area contributed by atoms with Crippen molar-refractivity contribution in [3.8, 4) is 0 Å². The number of fused-ring (bicyclic) bond motifs is 1. The Hall–Kier alpha value is -1.80. The highest BCUT2D eigenvalue weighted by molar-refractivity contribution is 9.10. The summed E-state index contributed by atoms with van der Waals surface area (Å²) in [6.45, 7) is 6.30. The maximum Gasteiger partial charge on any atom is 0.272 e. The molecule has 0 aliphatic carbocycles. The summed E-state index contributed by atoms with van der Waals surface area (Å²) in [7, 11) is 0. The standard InChI is InChI=1S/C24H19BrN2OS3/c1-13-4-6-16(7-5-13)19-12-20(17-8-10-18(25)11-9-17)27-22(28)21(31-24(27)26-19)23-29-14(2)15(3)30-23/h4-12,20H,1-3H3/t20-/m0/s1. The summed E-state index contributed by atoms with van der Waals surface area (Å²) in [4.78, 5) is 21.8. The average Bonchev–Trinajstić information content (AvgIpc) is 3.27. The molecule has 0 fully saturated rings. The molecule has 156 valence electrons. The molecule has 0 spiro atoms. The first kappa shape index (κ1) is 21.1. The first-order chi connectivity index (χ1) is 14.9. The maximum absolute atomic E-state index is 13.6. The Morgan fingerprint density at radius 3 is 2.23 bits per heavy atom. The highest BCUT2D eigenvalue weighted by Crippen LogP contribution is 2.48. The highest BCUT2D eigenvalue weighted by Gasteiger charge is 2.25. The van der Waals surface area contributed by atoms with Gasteiger partial charge in [0.1, 0.15) is 4.53 Å². The normalized spacial score (nSPS) is 18.1. The second kappa shape index (κ2) is 8.28. The lowest BCUT2D eigenvalue weighted by Gasteiger charge is -2.19. The van der Waals surface area contributed by atoms with E-state index in [2.05, 4.69) is 79.2 Å². The SMILES string of the molecule is CC1=C(C)SC(=c2sc3n(c2=O)[C@H](c2ccc(Br)cc2)C=C(c2ccc(C)cc2)N=3)S1. The number of aromatic nitrogens is 1. The van der Waals surface area contributed by atoms with Gasteiger partial charge in [-0.3, -0.25) is 9.36 Å². The third-order valence-electron chi connectivity index (χ3n) is 5.35. The van der Waals surface area contributed by atoms with Crippen molar-refractivity contribution in [3.05, 3.63) is 105 Å². The molecule has 3 aromatic rings. The van der Waals surface area contributed by atoms with Gasteiger partial charge in [0.2, 0.25) is 0 Å². The number of thioether (sulfide) groups is 2. The number of rotatable bonds is 2. The average molecular weight is 528 g/mol. The number of nitrogens with zero attached hydrogens (tertiary/aromatic N) is 2. The molecule has 0 unspecified atom stereocenters. The van der Waals surface area contributed by atoms with Gasteiger partial charge in [-0.05, 0) is 54.4 Å². The second-order valence-electron chi connectivity index (χ2n) is 7.52. The molecular formula is C24H19BrN2OS3. The smallest absolute Gasteiger partial charge is 0.272 e. The summed E-state index contributed by atoms with van der Waals surface area (Å²) in [6.07, 6.45) is 2.10. The fourth-order valence-electron chi connectivity index (χ4n) is 3.52. The van der Waals surface area contributed by atoms with Gasteiger partial charge in [-0.2, -0.15) is 0 Å². The molecular weight excluding hydrogens is 508 g/mol. The monoisotopic (exact) mass is 526 g/mol. The van der Waals surface area contributed by atoms with Crippen LogP contribution in [0.15, 0.2) is 78.7 Å². The van der Waals surface area contributed by atoms with Crippen molar-refractivity contribution >= 4 is 60.7 Å². The lowest BCUT2D eigenvalue weighted by atomic mass is 10.0. The van der Waals surface area contributed by atoms with Crippen molar-refractivity contribution in [2.45, 2.75) is 26.8 Å². The van der Waals surface area contributed by atoms with Crippen LogP contribution in [-0.2, 0) is 0 Å². The maximum atomic E-state index is 13.6. The van der Waals surface area contributed by atoms with Crippen LogP contribution in [0.25, 0.3) is 9.93 Å². The molecule has 0 bridgehead atoms. The number of hydrogen-bond acceptors (Lipinski definition) is 5. The van der Waals surface area contributed by atoms with Crippen LogP contribution in [0.3, 0.4) is 0 Å². The third kappa shape index (κ3) is 3.93. The van der Waals surface area contributed by atoms with Crippen molar-refractivity contribution in [1.29, 1.82) is 0 Å². The summed E-state index contributed by atoms with van der Waals surface area (Å²) in [5, 5.41) is 0. The Kier molecular flexibility index (Phi) is 5.63. The molecule has 31 heavy (non-hydrogen) atoms. The zero-order valence-corrected chi connectivity index (χ0v) is 21.2. The molecule has 3 nitrogen and oxygen atoms in total. The molecule has 0 saturated heterocycles. The van der Waals surface area contributed by atoms with Gasteiger partial charge in [-0.15, -0.1) is 0 Å². The number of hydrogen-bond donors (Lipinski definition) is 0. The van der Waals surface area contributed by atoms with Gasteiger partial charge in [0.05, 0.1) is 16.0 Å². The number of thiazole rings is 1. The molecule has 3 heterocycles. The number of allylic oxidation sites excluding steroid dienone is 3. The summed E-state index contributed by atoms with van der Waals surface area (Å²) >= 11 is 8.40. The Labute approximate surface area is 201 Å². The summed E-state index contributed by atoms with van der Waals surface area (Å²) in [5.41, 5.74) is 4.28. The van der Waals surface area contributed by atoms with Crippen LogP contribution in [0.2, 0.25) is 0 Å². The van der Waals surface area contributed by atoms with Gasteiger partial charge in [-0.1, -0.05) is 92.8 Å². The molecule has 7 heteroatoms. The minimum atomic E-state index is -0.193. The summed E-state index contributed by atoms with van der Waals surface area (Å²) < 4.78 is 4.71. The molecule has 0 amide bonds. The first-order valence-electron chi connectivity index (χ1n) is 9.82. The van der Waals surface area contributed by atoms with Crippen molar-refractivity contribution in [2.75, 3.05) is 0 Å². The summed E-state index contributed by atoms with van der Waals surface area (Å²) in [6, 6.07) is 16.4. The first-order valence-corrected chi connectivity index (χ1v) is 13.1. The molecule has 2 aliphatic rings. The molecule has 0 saturated carbocycles. The lowest BCUT2D eigenvalue weighted by molar-refractivity contribution is 0.644. The van der Waals surface area contributed by atoms with Crippen LogP contribution in [0.5, 0.6) is 0 Å². The van der Waals surface area contributed by atoms with Crippen LogP contribution >= 0.6 is 50.8 Å². The van der Waals surface area contributed by atoms with E-state index in [1.165, 1.54) is 26.7 Å². The molecule has 5 rings (SSSR count). The Bertz CT molecular complexity index is 1410. The van der Waals surface area contributed by atoms with E-state index in [-0.39, 0.29) is 11.6 Å². The summed E-state index contributed by atoms with van der Waals surface area (Å²) in [5.74, 6) is 0. The van der Waals surface area contributed by atoms with E-state index in [1.54, 1.807) is 23.5 Å². The van der Waals surface area contributed by atoms with E-state index in [0.29, 0.717) is 0 Å². The lowest BCUT2D eigenvalue weighted by Crippen LogP contribution is -2.36. The third-order valence-corrected chi connectivity index (χ3v) is 9.83. The van der Waals surface area contributed by atoms with Crippen LogP contribution in [0, 0.1) is 6.92 Å². The number of benzene rings is 2. The fraction of sp³-hybridized carbons (Fsp3) is 0.167. The molecule has 2 aromatic carbocycles. The van der Waals surface area contributed by atoms with E-state index in [1.807, 2.05) is 16.7 Å². The van der Waals surface area contributed by atoms with E-state index < -0.39 is 0 Å². The predicted octanol–water partition coefficient (Wildman–Crippen LogP) is 6.04. The Morgan fingerprint density at radius 1 is 0.935 bits per heavy atom. The van der Waals surface area contributed by atoms with Gasteiger partial charge in [-0.25, -0.2) is 4.99 Å². The minimum Gasteiger partial charge on any atom is -0.272 e. The highest BCUT2D eigenvalue weighted by atomic mass is 79.9. The van der Waals surface area contributed by atoms with Crippen LogP contribution in [0.4, 0.5) is 0 Å². The largest absolute Gasteiger partial charge is 0.272 e. The zero-order valence-electron chi connectivity index (χ0n) is 17.2. The van der Waals surface area contributed by atoms with E-state index in [9.17, 15) is 4.79 Å². The molecule has 2 aliphatic heterocycles. The van der Waals surface area contributed by atoms with Crippen molar-refractivity contribution in [1.82, 2.24) is 4.57 Å². The van der Waals surface area contributed by atoms with Gasteiger partial charge in [0.25, 0.3) is 5.56 Å². The van der Waals surface area contributed by atoms with Crippen molar-refractivity contribution < 1.29 is 0 Å². The minimum absolute atomic E-state index is 0.0355. The van der Waals surface area contributed by atoms with Crippen LogP contribution in [-0.4, -0.2) is 4.57 Å².